The number of rotatable bonds is 4. The molecule has 100 valence electrons. The zero-order valence-electron chi connectivity index (χ0n) is 11.0. The lowest BCUT2D eigenvalue weighted by molar-refractivity contribution is 0.766. The highest BCUT2D eigenvalue weighted by Gasteiger charge is 2.33. The fourth-order valence-electron chi connectivity index (χ4n) is 1.77. The van der Waals surface area contributed by atoms with Gasteiger partial charge < -0.3 is 10.6 Å². The smallest absolute Gasteiger partial charge is 0.191 e. The second kappa shape index (κ2) is 7.61. The van der Waals surface area contributed by atoms with Crippen LogP contribution in [0.3, 0.4) is 0 Å². The van der Waals surface area contributed by atoms with Gasteiger partial charge in [-0.3, -0.25) is 0 Å². The van der Waals surface area contributed by atoms with Crippen LogP contribution < -0.4 is 10.6 Å². The molecule has 1 aliphatic carbocycles. The third kappa shape index (κ3) is 4.84. The zero-order chi connectivity index (χ0) is 12.1. The van der Waals surface area contributed by atoms with Gasteiger partial charge in [0.25, 0.3) is 0 Å². The fraction of sp³-hybridized carbons (Fsp3) is 0.500. The van der Waals surface area contributed by atoms with Crippen molar-refractivity contribution in [1.82, 2.24) is 10.6 Å². The summed E-state index contributed by atoms with van der Waals surface area (Å²) in [5, 5.41) is 6.73. The summed E-state index contributed by atoms with van der Waals surface area (Å²) in [6, 6.07) is 11.0. The standard InChI is InChI=1S/C14H21N3.HI/c1-3-15-14(17-13-9-11(13)2)16-10-12-7-5-4-6-8-12;/h4-8,11,13H,3,9-10H2,1-2H3,(H2,15,16,17);1H. The molecule has 0 amide bonds. The number of nitrogens with zero attached hydrogens (tertiary/aromatic N) is 1. The number of nitrogens with one attached hydrogen (secondary N) is 2. The molecular weight excluding hydrogens is 337 g/mol. The Labute approximate surface area is 126 Å². The lowest BCUT2D eigenvalue weighted by Gasteiger charge is -2.10. The number of aliphatic imine (C=N–C) groups is 1. The molecule has 0 spiro atoms. The largest absolute Gasteiger partial charge is 0.357 e. The van der Waals surface area contributed by atoms with E-state index in [9.17, 15) is 0 Å². The van der Waals surface area contributed by atoms with E-state index < -0.39 is 0 Å². The molecule has 4 heteroatoms. The Bertz CT molecular complexity index is 378. The summed E-state index contributed by atoms with van der Waals surface area (Å²) >= 11 is 0. The van der Waals surface area contributed by atoms with Gasteiger partial charge in [-0.05, 0) is 24.8 Å². The SMILES string of the molecule is CCNC(=NCc1ccccc1)NC1CC1C.I. The third-order valence-corrected chi connectivity index (χ3v) is 3.04. The van der Waals surface area contributed by atoms with E-state index in [1.54, 1.807) is 0 Å². The molecule has 0 saturated heterocycles. The first-order valence-corrected chi connectivity index (χ1v) is 6.38. The van der Waals surface area contributed by atoms with E-state index in [1.807, 2.05) is 18.2 Å². The van der Waals surface area contributed by atoms with Crippen LogP contribution in [0.4, 0.5) is 0 Å². The fourth-order valence-corrected chi connectivity index (χ4v) is 1.77. The van der Waals surface area contributed by atoms with Crippen molar-refractivity contribution >= 4 is 29.9 Å². The molecule has 2 rings (SSSR count). The highest BCUT2D eigenvalue weighted by molar-refractivity contribution is 14.0. The number of halogens is 1. The van der Waals surface area contributed by atoms with Crippen LogP contribution in [0.25, 0.3) is 0 Å². The number of benzene rings is 1. The van der Waals surface area contributed by atoms with Crippen molar-refractivity contribution in [1.29, 1.82) is 0 Å². The van der Waals surface area contributed by atoms with Gasteiger partial charge in [0.05, 0.1) is 6.54 Å². The predicted octanol–water partition coefficient (Wildman–Crippen LogP) is 2.77. The molecular formula is C14H22IN3. The van der Waals surface area contributed by atoms with E-state index in [4.69, 9.17) is 0 Å². The van der Waals surface area contributed by atoms with Crippen molar-refractivity contribution < 1.29 is 0 Å². The van der Waals surface area contributed by atoms with Crippen LogP contribution in [-0.4, -0.2) is 18.5 Å². The number of hydrogen-bond acceptors (Lipinski definition) is 1. The molecule has 2 unspecified atom stereocenters. The zero-order valence-corrected chi connectivity index (χ0v) is 13.3. The Hall–Kier alpha value is -0.780. The minimum Gasteiger partial charge on any atom is -0.357 e. The van der Waals surface area contributed by atoms with Crippen molar-refractivity contribution in [3.8, 4) is 0 Å². The van der Waals surface area contributed by atoms with Crippen LogP contribution in [0.15, 0.2) is 35.3 Å². The van der Waals surface area contributed by atoms with Gasteiger partial charge in [-0.15, -0.1) is 24.0 Å². The van der Waals surface area contributed by atoms with E-state index >= 15 is 0 Å². The monoisotopic (exact) mass is 359 g/mol. The molecule has 18 heavy (non-hydrogen) atoms. The van der Waals surface area contributed by atoms with Gasteiger partial charge in [-0.2, -0.15) is 0 Å². The summed E-state index contributed by atoms with van der Waals surface area (Å²) < 4.78 is 0. The van der Waals surface area contributed by atoms with Crippen LogP contribution in [0.2, 0.25) is 0 Å². The Balaban J connectivity index is 0.00000162. The first kappa shape index (κ1) is 15.3. The molecule has 2 N–H and O–H groups in total. The van der Waals surface area contributed by atoms with Gasteiger partial charge in [0, 0.05) is 12.6 Å². The normalized spacial score (nSPS) is 22.0. The van der Waals surface area contributed by atoms with Crippen molar-refractivity contribution in [3.05, 3.63) is 35.9 Å². The van der Waals surface area contributed by atoms with Gasteiger partial charge in [-0.25, -0.2) is 4.99 Å². The number of hydrogen-bond donors (Lipinski definition) is 2. The van der Waals surface area contributed by atoms with Gasteiger partial charge >= 0.3 is 0 Å². The molecule has 1 aromatic rings. The molecule has 0 aromatic heterocycles. The molecule has 1 fully saturated rings. The average Bonchev–Trinajstić information content (AvgIpc) is 3.04. The summed E-state index contributed by atoms with van der Waals surface area (Å²) in [6.45, 7) is 5.99. The van der Waals surface area contributed by atoms with Crippen molar-refractivity contribution in [2.45, 2.75) is 32.9 Å². The summed E-state index contributed by atoms with van der Waals surface area (Å²) in [5.74, 6) is 1.72. The molecule has 3 nitrogen and oxygen atoms in total. The molecule has 1 aromatic carbocycles. The predicted molar refractivity (Wildman–Crippen MR) is 87.4 cm³/mol. The van der Waals surface area contributed by atoms with Gasteiger partial charge in [-0.1, -0.05) is 37.3 Å². The van der Waals surface area contributed by atoms with Crippen LogP contribution in [-0.2, 0) is 6.54 Å². The first-order valence-electron chi connectivity index (χ1n) is 6.38. The first-order chi connectivity index (χ1) is 8.29. The Kier molecular flexibility index (Phi) is 6.46. The van der Waals surface area contributed by atoms with Gasteiger partial charge in [0.15, 0.2) is 5.96 Å². The second-order valence-corrected chi connectivity index (χ2v) is 4.64. The van der Waals surface area contributed by atoms with E-state index in [-0.39, 0.29) is 24.0 Å². The average molecular weight is 359 g/mol. The molecule has 0 heterocycles. The maximum absolute atomic E-state index is 4.59. The van der Waals surface area contributed by atoms with Crippen molar-refractivity contribution in [2.75, 3.05) is 6.54 Å². The lowest BCUT2D eigenvalue weighted by Crippen LogP contribution is -2.39. The highest BCUT2D eigenvalue weighted by atomic mass is 127. The second-order valence-electron chi connectivity index (χ2n) is 4.64. The van der Waals surface area contributed by atoms with Crippen LogP contribution in [0.1, 0.15) is 25.8 Å². The van der Waals surface area contributed by atoms with E-state index in [0.717, 1.165) is 25.0 Å². The Morgan fingerprint density at radius 1 is 1.33 bits per heavy atom. The lowest BCUT2D eigenvalue weighted by atomic mass is 10.2. The van der Waals surface area contributed by atoms with E-state index in [1.165, 1.54) is 12.0 Å². The van der Waals surface area contributed by atoms with E-state index in [0.29, 0.717) is 6.04 Å². The Morgan fingerprint density at radius 2 is 2.00 bits per heavy atom. The van der Waals surface area contributed by atoms with Crippen molar-refractivity contribution in [3.63, 3.8) is 0 Å². The molecule has 0 bridgehead atoms. The van der Waals surface area contributed by atoms with Gasteiger partial charge in [0.1, 0.15) is 0 Å². The maximum Gasteiger partial charge on any atom is 0.191 e. The molecule has 0 radical (unpaired) electrons. The summed E-state index contributed by atoms with van der Waals surface area (Å²) in [4.78, 5) is 4.59. The summed E-state index contributed by atoms with van der Waals surface area (Å²) in [5.41, 5.74) is 1.24. The molecule has 1 saturated carbocycles. The van der Waals surface area contributed by atoms with Crippen LogP contribution in [0, 0.1) is 5.92 Å². The highest BCUT2D eigenvalue weighted by Crippen LogP contribution is 2.28. The molecule has 0 aliphatic heterocycles. The topological polar surface area (TPSA) is 36.4 Å². The third-order valence-electron chi connectivity index (χ3n) is 3.04. The molecule has 1 aliphatic rings. The maximum atomic E-state index is 4.59. The number of guanidine groups is 1. The van der Waals surface area contributed by atoms with Crippen LogP contribution in [0.5, 0.6) is 0 Å². The van der Waals surface area contributed by atoms with Crippen LogP contribution >= 0.6 is 24.0 Å². The Morgan fingerprint density at radius 3 is 2.56 bits per heavy atom. The summed E-state index contributed by atoms with van der Waals surface area (Å²) in [6.07, 6.45) is 1.26. The summed E-state index contributed by atoms with van der Waals surface area (Å²) in [7, 11) is 0. The molecule has 2 atom stereocenters. The van der Waals surface area contributed by atoms with Gasteiger partial charge in [0.2, 0.25) is 0 Å². The quantitative estimate of drug-likeness (QED) is 0.493. The minimum absolute atomic E-state index is 0. The van der Waals surface area contributed by atoms with Crippen molar-refractivity contribution in [2.24, 2.45) is 10.9 Å². The van der Waals surface area contributed by atoms with E-state index in [2.05, 4.69) is 41.6 Å². The minimum atomic E-state index is 0.